The third-order valence-corrected chi connectivity index (χ3v) is 2.52. The molecule has 6 heteroatoms. The third kappa shape index (κ3) is 2.77. The minimum atomic E-state index is -0.699. The number of halogens is 1. The fourth-order valence-electron chi connectivity index (χ4n) is 1.70. The molecule has 1 aromatic rings. The summed E-state index contributed by atoms with van der Waals surface area (Å²) in [6, 6.07) is 2.51. The van der Waals surface area contributed by atoms with Gasteiger partial charge in [-0.05, 0) is 12.5 Å². The molecule has 1 aliphatic rings. The number of aromatic nitrogens is 1. The first kappa shape index (κ1) is 11.5. The fraction of sp³-hybridized carbons (Fsp3) is 0.364. The molecule has 0 bridgehead atoms. The van der Waals surface area contributed by atoms with Crippen LogP contribution in [0.5, 0.6) is 0 Å². The van der Waals surface area contributed by atoms with Gasteiger partial charge >= 0.3 is 0 Å². The summed E-state index contributed by atoms with van der Waals surface area (Å²) >= 11 is 0. The van der Waals surface area contributed by atoms with Gasteiger partial charge in [0.2, 0.25) is 11.9 Å². The Kier molecular flexibility index (Phi) is 3.32. The second-order valence-electron chi connectivity index (χ2n) is 3.80. The van der Waals surface area contributed by atoms with E-state index in [1.165, 1.54) is 17.2 Å². The largest absolute Gasteiger partial charge is 0.354 e. The molecule has 1 saturated heterocycles. The Balaban J connectivity index is 2.16. The number of pyridine rings is 1. The van der Waals surface area contributed by atoms with Crippen molar-refractivity contribution in [3.8, 4) is 0 Å². The molecule has 0 atom stereocenters. The van der Waals surface area contributed by atoms with Gasteiger partial charge in [0.15, 0.2) is 0 Å². The van der Waals surface area contributed by atoms with Crippen LogP contribution in [0.3, 0.4) is 0 Å². The maximum absolute atomic E-state index is 12.9. The molecule has 0 spiro atoms. The summed E-state index contributed by atoms with van der Waals surface area (Å²) in [5, 5.41) is 2.67. The van der Waals surface area contributed by atoms with Gasteiger partial charge in [-0.2, -0.15) is 4.39 Å². The summed E-state index contributed by atoms with van der Waals surface area (Å²) in [5.74, 6) is -1.23. The van der Waals surface area contributed by atoms with Crippen molar-refractivity contribution in [1.82, 2.24) is 15.2 Å². The van der Waals surface area contributed by atoms with Crippen LogP contribution in [0, 0.1) is 5.95 Å². The van der Waals surface area contributed by atoms with Crippen LogP contribution in [0.2, 0.25) is 0 Å². The first-order chi connectivity index (χ1) is 8.16. The Morgan fingerprint density at radius 2 is 2.35 bits per heavy atom. The van der Waals surface area contributed by atoms with E-state index in [-0.39, 0.29) is 23.9 Å². The zero-order chi connectivity index (χ0) is 12.3. The van der Waals surface area contributed by atoms with Crippen LogP contribution in [0.25, 0.3) is 0 Å². The van der Waals surface area contributed by atoms with Crippen molar-refractivity contribution in [3.05, 3.63) is 29.8 Å². The summed E-state index contributed by atoms with van der Waals surface area (Å²) in [7, 11) is 0. The summed E-state index contributed by atoms with van der Waals surface area (Å²) in [6.07, 6.45) is 1.94. The normalized spacial score (nSPS) is 16.3. The predicted molar refractivity (Wildman–Crippen MR) is 57.7 cm³/mol. The van der Waals surface area contributed by atoms with Gasteiger partial charge in [0.25, 0.3) is 5.91 Å². The van der Waals surface area contributed by atoms with Crippen molar-refractivity contribution < 1.29 is 14.0 Å². The molecule has 0 saturated carbocycles. The van der Waals surface area contributed by atoms with Crippen molar-refractivity contribution >= 4 is 11.8 Å². The summed E-state index contributed by atoms with van der Waals surface area (Å²) in [6.45, 7) is 1.07. The molecule has 0 unspecified atom stereocenters. The predicted octanol–water partition coefficient (Wildman–Crippen LogP) is 0.183. The Hall–Kier alpha value is -1.98. The van der Waals surface area contributed by atoms with Crippen LogP contribution in [0.15, 0.2) is 18.3 Å². The lowest BCUT2D eigenvalue weighted by Gasteiger charge is -2.18. The number of amides is 2. The second-order valence-corrected chi connectivity index (χ2v) is 3.80. The Labute approximate surface area is 97.6 Å². The van der Waals surface area contributed by atoms with E-state index >= 15 is 0 Å². The molecule has 1 fully saturated rings. The van der Waals surface area contributed by atoms with Gasteiger partial charge in [-0.1, -0.05) is 0 Å². The van der Waals surface area contributed by atoms with Crippen LogP contribution in [-0.2, 0) is 4.79 Å². The number of hydrogen-bond donors (Lipinski definition) is 1. The SMILES string of the molecule is O=C1CN(C(=O)c2ccnc(F)c2)CCCN1. The molecule has 2 heterocycles. The van der Waals surface area contributed by atoms with E-state index in [1.807, 2.05) is 0 Å². The maximum Gasteiger partial charge on any atom is 0.254 e. The Morgan fingerprint density at radius 3 is 3.12 bits per heavy atom. The smallest absolute Gasteiger partial charge is 0.254 e. The number of carbonyl (C=O) groups excluding carboxylic acids is 2. The average molecular weight is 237 g/mol. The lowest BCUT2D eigenvalue weighted by Crippen LogP contribution is -2.37. The molecule has 17 heavy (non-hydrogen) atoms. The molecule has 2 rings (SSSR count). The number of carbonyl (C=O) groups is 2. The van der Waals surface area contributed by atoms with Gasteiger partial charge in [0, 0.05) is 30.9 Å². The van der Waals surface area contributed by atoms with Crippen molar-refractivity contribution in [2.24, 2.45) is 0 Å². The Bertz CT molecular complexity index is 450. The highest BCUT2D eigenvalue weighted by molar-refractivity contribution is 5.96. The molecule has 0 radical (unpaired) electrons. The van der Waals surface area contributed by atoms with E-state index in [2.05, 4.69) is 10.3 Å². The fourth-order valence-corrected chi connectivity index (χ4v) is 1.70. The van der Waals surface area contributed by atoms with Crippen molar-refractivity contribution in [1.29, 1.82) is 0 Å². The van der Waals surface area contributed by atoms with Crippen LogP contribution in [-0.4, -0.2) is 41.3 Å². The van der Waals surface area contributed by atoms with Gasteiger partial charge in [-0.25, -0.2) is 4.98 Å². The highest BCUT2D eigenvalue weighted by Crippen LogP contribution is 2.07. The minimum absolute atomic E-state index is 0.0166. The van der Waals surface area contributed by atoms with Crippen molar-refractivity contribution in [3.63, 3.8) is 0 Å². The number of hydrogen-bond acceptors (Lipinski definition) is 3. The quantitative estimate of drug-likeness (QED) is 0.709. The number of nitrogens with zero attached hydrogens (tertiary/aromatic N) is 2. The summed E-state index contributed by atoms with van der Waals surface area (Å²) in [4.78, 5) is 28.1. The number of nitrogens with one attached hydrogen (secondary N) is 1. The standard InChI is InChI=1S/C11H12FN3O2/c12-9-6-8(2-4-13-9)11(17)15-5-1-3-14-10(16)7-15/h2,4,6H,1,3,5,7H2,(H,14,16). The van der Waals surface area contributed by atoms with Crippen LogP contribution >= 0.6 is 0 Å². The molecule has 5 nitrogen and oxygen atoms in total. The van der Waals surface area contributed by atoms with Crippen molar-refractivity contribution in [2.45, 2.75) is 6.42 Å². The molecule has 1 N–H and O–H groups in total. The molecule has 0 aromatic carbocycles. The zero-order valence-corrected chi connectivity index (χ0v) is 9.15. The average Bonchev–Trinajstić information content (AvgIpc) is 2.53. The lowest BCUT2D eigenvalue weighted by molar-refractivity contribution is -0.121. The topological polar surface area (TPSA) is 62.3 Å². The van der Waals surface area contributed by atoms with E-state index < -0.39 is 5.95 Å². The molecular weight excluding hydrogens is 225 g/mol. The van der Waals surface area contributed by atoms with Gasteiger partial charge < -0.3 is 10.2 Å². The highest BCUT2D eigenvalue weighted by atomic mass is 19.1. The van der Waals surface area contributed by atoms with Crippen LogP contribution in [0.4, 0.5) is 4.39 Å². The van der Waals surface area contributed by atoms with E-state index in [0.717, 1.165) is 6.07 Å². The monoisotopic (exact) mass is 237 g/mol. The van der Waals surface area contributed by atoms with E-state index in [9.17, 15) is 14.0 Å². The zero-order valence-electron chi connectivity index (χ0n) is 9.15. The molecule has 0 aliphatic carbocycles. The van der Waals surface area contributed by atoms with Crippen LogP contribution < -0.4 is 5.32 Å². The highest BCUT2D eigenvalue weighted by Gasteiger charge is 2.21. The van der Waals surface area contributed by atoms with Gasteiger partial charge in [0.1, 0.15) is 0 Å². The van der Waals surface area contributed by atoms with Gasteiger partial charge in [-0.3, -0.25) is 9.59 Å². The van der Waals surface area contributed by atoms with E-state index in [4.69, 9.17) is 0 Å². The number of rotatable bonds is 1. The van der Waals surface area contributed by atoms with Crippen molar-refractivity contribution in [2.75, 3.05) is 19.6 Å². The molecular formula is C11H12FN3O2. The van der Waals surface area contributed by atoms with E-state index in [1.54, 1.807) is 0 Å². The maximum atomic E-state index is 12.9. The molecule has 1 aliphatic heterocycles. The first-order valence-electron chi connectivity index (χ1n) is 5.34. The van der Waals surface area contributed by atoms with Gasteiger partial charge in [0.05, 0.1) is 6.54 Å². The molecule has 2 amide bonds. The van der Waals surface area contributed by atoms with E-state index in [0.29, 0.717) is 19.5 Å². The second kappa shape index (κ2) is 4.90. The minimum Gasteiger partial charge on any atom is -0.354 e. The first-order valence-corrected chi connectivity index (χ1v) is 5.34. The summed E-state index contributed by atoms with van der Waals surface area (Å²) in [5.41, 5.74) is 0.215. The lowest BCUT2D eigenvalue weighted by atomic mass is 10.2. The summed E-state index contributed by atoms with van der Waals surface area (Å²) < 4.78 is 12.9. The molecule has 90 valence electrons. The van der Waals surface area contributed by atoms with Crippen LogP contribution in [0.1, 0.15) is 16.8 Å². The molecule has 1 aromatic heterocycles. The third-order valence-electron chi connectivity index (χ3n) is 2.52. The van der Waals surface area contributed by atoms with Gasteiger partial charge in [-0.15, -0.1) is 0 Å². The Morgan fingerprint density at radius 1 is 1.53 bits per heavy atom.